The highest BCUT2D eigenvalue weighted by atomic mass is 79.9. The molecule has 3 aromatic heterocycles. The molecule has 0 spiro atoms. The van der Waals surface area contributed by atoms with Crippen molar-refractivity contribution in [3.63, 3.8) is 0 Å². The molecule has 114 valence electrons. The van der Waals surface area contributed by atoms with Gasteiger partial charge in [-0.15, -0.1) is 10.2 Å². The molecule has 0 radical (unpaired) electrons. The molecule has 4 rings (SSSR count). The van der Waals surface area contributed by atoms with Crippen molar-refractivity contribution in [1.29, 1.82) is 0 Å². The maximum atomic E-state index is 6.00. The molecule has 0 aliphatic carbocycles. The molecule has 1 saturated heterocycles. The largest absolute Gasteiger partial charge is 0.357 e. The minimum Gasteiger partial charge on any atom is -0.357 e. The fourth-order valence-corrected chi connectivity index (χ4v) is 3.31. The maximum absolute atomic E-state index is 6.00. The van der Waals surface area contributed by atoms with Gasteiger partial charge in [0.1, 0.15) is 11.9 Å². The van der Waals surface area contributed by atoms with Crippen LogP contribution in [0.2, 0.25) is 5.15 Å². The molecular weight excluding hydrogens is 372 g/mol. The molecule has 4 heterocycles. The van der Waals surface area contributed by atoms with Crippen molar-refractivity contribution < 1.29 is 4.74 Å². The molecule has 9 heteroatoms. The lowest BCUT2D eigenvalue weighted by atomic mass is 10.2. The van der Waals surface area contributed by atoms with Gasteiger partial charge in [0.2, 0.25) is 5.82 Å². The third-order valence-corrected chi connectivity index (χ3v) is 4.35. The summed E-state index contributed by atoms with van der Waals surface area (Å²) < 4.78 is 9.88. The van der Waals surface area contributed by atoms with E-state index in [2.05, 4.69) is 36.3 Å². The van der Waals surface area contributed by atoms with Gasteiger partial charge in [0.15, 0.2) is 10.8 Å². The highest BCUT2D eigenvalue weighted by molar-refractivity contribution is 9.10. The van der Waals surface area contributed by atoms with Gasteiger partial charge < -0.3 is 4.74 Å². The summed E-state index contributed by atoms with van der Waals surface area (Å²) in [7, 11) is 0. The zero-order valence-corrected chi connectivity index (χ0v) is 13.8. The second-order valence-corrected chi connectivity index (χ2v) is 6.32. The molecule has 0 amide bonds. The van der Waals surface area contributed by atoms with E-state index in [0.29, 0.717) is 22.3 Å². The summed E-state index contributed by atoms with van der Waals surface area (Å²) in [6, 6.07) is 3.56. The first kappa shape index (κ1) is 14.1. The normalized spacial score (nSPS) is 18.9. The summed E-state index contributed by atoms with van der Waals surface area (Å²) in [6.07, 6.45) is 5.11. The molecule has 3 aromatic rings. The van der Waals surface area contributed by atoms with E-state index >= 15 is 0 Å². The number of hydrogen-bond acceptors (Lipinski definition) is 5. The van der Waals surface area contributed by atoms with Gasteiger partial charge in [-0.2, -0.15) is 14.7 Å². The van der Waals surface area contributed by atoms with Gasteiger partial charge in [-0.25, -0.2) is 4.68 Å². The second kappa shape index (κ2) is 5.60. The van der Waals surface area contributed by atoms with E-state index in [1.165, 1.54) is 0 Å². The van der Waals surface area contributed by atoms with Crippen molar-refractivity contribution in [2.24, 2.45) is 0 Å². The van der Waals surface area contributed by atoms with E-state index in [1.807, 2.05) is 16.9 Å². The average molecular weight is 384 g/mol. The van der Waals surface area contributed by atoms with E-state index in [0.717, 1.165) is 30.3 Å². The summed E-state index contributed by atoms with van der Waals surface area (Å²) in [5.74, 6) is 0.549. The van der Waals surface area contributed by atoms with E-state index in [1.54, 1.807) is 10.6 Å². The van der Waals surface area contributed by atoms with E-state index in [4.69, 9.17) is 16.3 Å². The van der Waals surface area contributed by atoms with Crippen LogP contribution in [0.25, 0.3) is 17.2 Å². The third-order valence-electron chi connectivity index (χ3n) is 3.58. The predicted octanol–water partition coefficient (Wildman–Crippen LogP) is 3.10. The van der Waals surface area contributed by atoms with Gasteiger partial charge in [0, 0.05) is 12.8 Å². The van der Waals surface area contributed by atoms with Gasteiger partial charge in [0.25, 0.3) is 0 Å². The monoisotopic (exact) mass is 382 g/mol. The van der Waals surface area contributed by atoms with Gasteiger partial charge in [-0.05, 0) is 47.3 Å². The minimum atomic E-state index is -0.00929. The number of ether oxygens (including phenoxy) is 1. The van der Waals surface area contributed by atoms with Crippen LogP contribution in [0.5, 0.6) is 0 Å². The van der Waals surface area contributed by atoms with Crippen molar-refractivity contribution in [3.8, 4) is 11.5 Å². The fourth-order valence-electron chi connectivity index (χ4n) is 2.53. The Morgan fingerprint density at radius 3 is 3.00 bits per heavy atom. The van der Waals surface area contributed by atoms with Crippen LogP contribution in [0.15, 0.2) is 22.8 Å². The van der Waals surface area contributed by atoms with Crippen LogP contribution in [-0.4, -0.2) is 36.2 Å². The molecule has 7 nitrogen and oxygen atoms in total. The first-order valence-corrected chi connectivity index (χ1v) is 8.14. The molecule has 0 N–H and O–H groups in total. The van der Waals surface area contributed by atoms with E-state index < -0.39 is 0 Å². The van der Waals surface area contributed by atoms with Crippen LogP contribution < -0.4 is 0 Å². The quantitative estimate of drug-likeness (QED) is 0.680. The zero-order valence-electron chi connectivity index (χ0n) is 11.5. The number of hydrogen-bond donors (Lipinski definition) is 0. The molecule has 22 heavy (non-hydrogen) atoms. The Morgan fingerprint density at radius 1 is 1.27 bits per heavy atom. The van der Waals surface area contributed by atoms with Crippen LogP contribution in [0.1, 0.15) is 25.5 Å². The first-order chi connectivity index (χ1) is 10.7. The van der Waals surface area contributed by atoms with Crippen molar-refractivity contribution >= 4 is 33.2 Å². The number of nitrogens with zero attached hydrogens (tertiary/aromatic N) is 6. The van der Waals surface area contributed by atoms with Gasteiger partial charge in [0.05, 0.1) is 4.47 Å². The molecule has 1 atom stereocenters. The standard InChI is InChI=1S/C13H12BrClN6O/c14-8-7-10(15)19-21-12(8)16-17-13(21)9-4-5-20(18-9)11-3-1-2-6-22-11/h4-5,7,11H,1-3,6H2. The summed E-state index contributed by atoms with van der Waals surface area (Å²) in [6.45, 7) is 0.776. The Morgan fingerprint density at radius 2 is 2.18 bits per heavy atom. The predicted molar refractivity (Wildman–Crippen MR) is 83.6 cm³/mol. The molecule has 1 aliphatic heterocycles. The highest BCUT2D eigenvalue weighted by Crippen LogP contribution is 2.26. The van der Waals surface area contributed by atoms with Crippen LogP contribution in [0, 0.1) is 0 Å². The molecule has 0 aromatic carbocycles. The lowest BCUT2D eigenvalue weighted by molar-refractivity contribution is -0.0393. The third kappa shape index (κ3) is 2.41. The van der Waals surface area contributed by atoms with Crippen LogP contribution in [0.4, 0.5) is 0 Å². The number of halogens is 2. The van der Waals surface area contributed by atoms with Gasteiger partial charge in [-0.3, -0.25) is 0 Å². The molecule has 0 saturated carbocycles. The van der Waals surface area contributed by atoms with E-state index in [-0.39, 0.29) is 6.23 Å². The van der Waals surface area contributed by atoms with Crippen molar-refractivity contribution in [2.75, 3.05) is 6.61 Å². The Bertz CT molecular complexity index is 825. The molecule has 1 unspecified atom stereocenters. The van der Waals surface area contributed by atoms with Crippen LogP contribution >= 0.6 is 27.5 Å². The van der Waals surface area contributed by atoms with Crippen LogP contribution in [-0.2, 0) is 4.74 Å². The second-order valence-electron chi connectivity index (χ2n) is 5.08. The van der Waals surface area contributed by atoms with Crippen molar-refractivity contribution in [3.05, 3.63) is 28.0 Å². The Labute approximate surface area is 139 Å². The lowest BCUT2D eigenvalue weighted by Gasteiger charge is -2.22. The fraction of sp³-hybridized carbons (Fsp3) is 0.385. The smallest absolute Gasteiger partial charge is 0.205 e. The van der Waals surface area contributed by atoms with Crippen molar-refractivity contribution in [2.45, 2.75) is 25.5 Å². The minimum absolute atomic E-state index is 0.00929. The summed E-state index contributed by atoms with van der Waals surface area (Å²) >= 11 is 9.41. The molecule has 1 aliphatic rings. The average Bonchev–Trinajstić information content (AvgIpc) is 3.14. The first-order valence-electron chi connectivity index (χ1n) is 6.97. The zero-order chi connectivity index (χ0) is 15.1. The van der Waals surface area contributed by atoms with E-state index in [9.17, 15) is 0 Å². The summed E-state index contributed by atoms with van der Waals surface area (Å²) in [5.41, 5.74) is 1.28. The Kier molecular flexibility index (Phi) is 3.59. The number of aromatic nitrogens is 6. The summed E-state index contributed by atoms with van der Waals surface area (Å²) in [5, 5.41) is 17.4. The Balaban J connectivity index is 1.74. The van der Waals surface area contributed by atoms with Gasteiger partial charge in [-0.1, -0.05) is 11.6 Å². The topological polar surface area (TPSA) is 70.1 Å². The van der Waals surface area contributed by atoms with Gasteiger partial charge >= 0.3 is 0 Å². The highest BCUT2D eigenvalue weighted by Gasteiger charge is 2.19. The number of fused-ring (bicyclic) bond motifs is 1. The maximum Gasteiger partial charge on any atom is 0.205 e. The SMILES string of the molecule is Clc1cc(Br)c2nnc(-c3ccn(C4CCCCO4)n3)n2n1. The Hall–Kier alpha value is -1.51. The number of rotatable bonds is 2. The molecule has 0 bridgehead atoms. The molecule has 1 fully saturated rings. The molecular formula is C13H12BrClN6O. The summed E-state index contributed by atoms with van der Waals surface area (Å²) in [4.78, 5) is 0. The lowest BCUT2D eigenvalue weighted by Crippen LogP contribution is -2.18. The van der Waals surface area contributed by atoms with Crippen molar-refractivity contribution in [1.82, 2.24) is 29.6 Å². The van der Waals surface area contributed by atoms with Crippen LogP contribution in [0.3, 0.4) is 0 Å².